The van der Waals surface area contributed by atoms with Gasteiger partial charge in [-0.05, 0) is 24.3 Å². The van der Waals surface area contributed by atoms with Crippen molar-refractivity contribution in [3.8, 4) is 5.75 Å². The summed E-state index contributed by atoms with van der Waals surface area (Å²) in [6, 6.07) is 8.16. The summed E-state index contributed by atoms with van der Waals surface area (Å²) >= 11 is 3.19. The maximum absolute atomic E-state index is 13.5. The average molecular weight is 312 g/mol. The molecule has 0 saturated carbocycles. The molecule has 18 heavy (non-hydrogen) atoms. The molecule has 1 aromatic carbocycles. The molecule has 0 unspecified atom stereocenters. The molecule has 0 aliphatic rings. The highest BCUT2D eigenvalue weighted by atomic mass is 79.9. The fourth-order valence-corrected chi connectivity index (χ4v) is 1.72. The lowest BCUT2D eigenvalue weighted by atomic mass is 10.2. The van der Waals surface area contributed by atoms with Crippen molar-refractivity contribution in [2.24, 2.45) is 0 Å². The first-order chi connectivity index (χ1) is 8.69. The van der Waals surface area contributed by atoms with E-state index < -0.39 is 0 Å². The number of aliphatic hydroxyl groups excluding tert-OH is 1. The van der Waals surface area contributed by atoms with E-state index in [0.717, 1.165) is 0 Å². The first-order valence-corrected chi connectivity index (χ1v) is 6.11. The Bertz CT molecular complexity index is 531. The molecule has 0 aliphatic heterocycles. The summed E-state index contributed by atoms with van der Waals surface area (Å²) in [5.74, 6) is 0.221. The molecular formula is C13H11BrFNO2. The Morgan fingerprint density at radius 3 is 2.72 bits per heavy atom. The predicted octanol–water partition coefficient (Wildman–Crippen LogP) is 3.05. The molecule has 0 atom stereocenters. The van der Waals surface area contributed by atoms with Gasteiger partial charge in [0.1, 0.15) is 18.2 Å². The van der Waals surface area contributed by atoms with Crippen LogP contribution in [0.1, 0.15) is 11.3 Å². The van der Waals surface area contributed by atoms with Gasteiger partial charge in [-0.2, -0.15) is 0 Å². The number of hydrogen-bond donors (Lipinski definition) is 1. The topological polar surface area (TPSA) is 42.4 Å². The van der Waals surface area contributed by atoms with Gasteiger partial charge < -0.3 is 9.84 Å². The van der Waals surface area contributed by atoms with Crippen molar-refractivity contribution in [3.05, 3.63) is 58.1 Å². The zero-order valence-corrected chi connectivity index (χ0v) is 11.0. The molecule has 1 N–H and O–H groups in total. The third kappa shape index (κ3) is 3.27. The van der Waals surface area contributed by atoms with E-state index in [-0.39, 0.29) is 19.0 Å². The van der Waals surface area contributed by atoms with Crippen LogP contribution < -0.4 is 4.74 Å². The van der Waals surface area contributed by atoms with E-state index >= 15 is 0 Å². The Morgan fingerprint density at radius 1 is 1.28 bits per heavy atom. The van der Waals surface area contributed by atoms with Crippen LogP contribution in [0.5, 0.6) is 5.75 Å². The summed E-state index contributed by atoms with van der Waals surface area (Å²) in [7, 11) is 0. The van der Waals surface area contributed by atoms with Crippen molar-refractivity contribution < 1.29 is 14.2 Å². The zero-order chi connectivity index (χ0) is 13.0. The number of aromatic nitrogens is 1. The summed E-state index contributed by atoms with van der Waals surface area (Å²) in [6.07, 6.45) is 1.50. The van der Waals surface area contributed by atoms with E-state index in [4.69, 9.17) is 9.84 Å². The van der Waals surface area contributed by atoms with E-state index in [0.29, 0.717) is 21.5 Å². The predicted molar refractivity (Wildman–Crippen MR) is 68.6 cm³/mol. The first kappa shape index (κ1) is 13.0. The van der Waals surface area contributed by atoms with Crippen LogP contribution in [0.3, 0.4) is 0 Å². The van der Waals surface area contributed by atoms with E-state index in [1.165, 1.54) is 12.3 Å². The van der Waals surface area contributed by atoms with Crippen LogP contribution in [0.15, 0.2) is 41.0 Å². The molecule has 0 aliphatic carbocycles. The molecule has 2 rings (SSSR count). The molecule has 3 nitrogen and oxygen atoms in total. The van der Waals surface area contributed by atoms with Crippen LogP contribution in [0.4, 0.5) is 4.39 Å². The Labute approximate surface area is 112 Å². The Kier molecular flexibility index (Phi) is 4.28. The van der Waals surface area contributed by atoms with Crippen molar-refractivity contribution in [2.75, 3.05) is 0 Å². The number of halogens is 2. The van der Waals surface area contributed by atoms with Crippen LogP contribution in [-0.2, 0) is 13.2 Å². The molecule has 0 fully saturated rings. The smallest absolute Gasteiger partial charge is 0.138 e. The maximum atomic E-state index is 13.5. The largest absolute Gasteiger partial charge is 0.487 e. The minimum atomic E-state index is -0.315. The highest BCUT2D eigenvalue weighted by Crippen LogP contribution is 2.17. The van der Waals surface area contributed by atoms with Gasteiger partial charge in [-0.15, -0.1) is 0 Å². The third-order valence-corrected chi connectivity index (χ3v) is 2.86. The van der Waals surface area contributed by atoms with Gasteiger partial charge >= 0.3 is 0 Å². The number of hydrogen-bond acceptors (Lipinski definition) is 3. The van der Waals surface area contributed by atoms with E-state index in [9.17, 15) is 4.39 Å². The second-order valence-electron chi connectivity index (χ2n) is 3.67. The Hall–Kier alpha value is -1.46. The summed E-state index contributed by atoms with van der Waals surface area (Å²) < 4.78 is 19.6. The van der Waals surface area contributed by atoms with Crippen molar-refractivity contribution >= 4 is 15.9 Å². The Balaban J connectivity index is 2.02. The van der Waals surface area contributed by atoms with Gasteiger partial charge in [0.15, 0.2) is 0 Å². The van der Waals surface area contributed by atoms with Crippen molar-refractivity contribution in [2.45, 2.75) is 13.2 Å². The number of pyridine rings is 1. The molecule has 1 heterocycles. The second kappa shape index (κ2) is 5.93. The lowest BCUT2D eigenvalue weighted by Gasteiger charge is -2.07. The summed E-state index contributed by atoms with van der Waals surface area (Å²) in [5, 5.41) is 8.84. The van der Waals surface area contributed by atoms with E-state index in [2.05, 4.69) is 20.9 Å². The summed E-state index contributed by atoms with van der Waals surface area (Å²) in [5.41, 5.74) is 1.04. The highest BCUT2D eigenvalue weighted by Gasteiger charge is 2.04. The van der Waals surface area contributed by atoms with E-state index in [1.54, 1.807) is 24.3 Å². The molecule has 0 amide bonds. The van der Waals surface area contributed by atoms with Crippen LogP contribution in [0.2, 0.25) is 0 Å². The van der Waals surface area contributed by atoms with Crippen LogP contribution in [0, 0.1) is 5.82 Å². The molecule has 0 spiro atoms. The zero-order valence-electron chi connectivity index (χ0n) is 9.44. The minimum Gasteiger partial charge on any atom is -0.487 e. The normalized spacial score (nSPS) is 10.4. The number of nitrogens with zero attached hydrogens (tertiary/aromatic N) is 1. The first-order valence-electron chi connectivity index (χ1n) is 5.31. The van der Waals surface area contributed by atoms with Gasteiger partial charge in [-0.1, -0.05) is 22.0 Å². The number of rotatable bonds is 4. The molecule has 0 bridgehead atoms. The summed E-state index contributed by atoms with van der Waals surface area (Å²) in [6.45, 7) is 0.0287. The maximum Gasteiger partial charge on any atom is 0.138 e. The van der Waals surface area contributed by atoms with Crippen molar-refractivity contribution in [3.63, 3.8) is 0 Å². The molecule has 1 aromatic heterocycles. The molecule has 94 valence electrons. The van der Waals surface area contributed by atoms with E-state index in [1.807, 2.05) is 0 Å². The molecule has 2 aromatic rings. The third-order valence-electron chi connectivity index (χ3n) is 2.37. The van der Waals surface area contributed by atoms with Gasteiger partial charge in [-0.3, -0.25) is 4.98 Å². The van der Waals surface area contributed by atoms with Gasteiger partial charge in [0.2, 0.25) is 0 Å². The van der Waals surface area contributed by atoms with Gasteiger partial charge in [-0.25, -0.2) is 4.39 Å². The standard InChI is InChI=1S/C13H11BrFNO2/c14-10-2-1-9(13(15)5-10)8-18-12-4-3-11(7-17)16-6-12/h1-6,17H,7-8H2. The molecule has 0 saturated heterocycles. The summed E-state index contributed by atoms with van der Waals surface area (Å²) in [4.78, 5) is 3.97. The van der Waals surface area contributed by atoms with Gasteiger partial charge in [0, 0.05) is 10.0 Å². The van der Waals surface area contributed by atoms with Gasteiger partial charge in [0.05, 0.1) is 18.5 Å². The molecule has 5 heteroatoms. The highest BCUT2D eigenvalue weighted by molar-refractivity contribution is 9.10. The second-order valence-corrected chi connectivity index (χ2v) is 4.58. The van der Waals surface area contributed by atoms with Crippen LogP contribution in [-0.4, -0.2) is 10.1 Å². The quantitative estimate of drug-likeness (QED) is 0.943. The van der Waals surface area contributed by atoms with Crippen molar-refractivity contribution in [1.29, 1.82) is 0 Å². The molecule has 0 radical (unpaired) electrons. The minimum absolute atomic E-state index is 0.110. The number of aliphatic hydroxyl groups is 1. The molecular weight excluding hydrogens is 301 g/mol. The lowest BCUT2D eigenvalue weighted by Crippen LogP contribution is -1.99. The SMILES string of the molecule is OCc1ccc(OCc2ccc(Br)cc2F)cn1. The van der Waals surface area contributed by atoms with Crippen LogP contribution in [0.25, 0.3) is 0 Å². The average Bonchev–Trinajstić information content (AvgIpc) is 2.38. The number of ether oxygens (including phenoxy) is 1. The Morgan fingerprint density at radius 2 is 2.11 bits per heavy atom. The fourth-order valence-electron chi connectivity index (χ4n) is 1.39. The van der Waals surface area contributed by atoms with Crippen molar-refractivity contribution in [1.82, 2.24) is 4.98 Å². The monoisotopic (exact) mass is 311 g/mol. The van der Waals surface area contributed by atoms with Crippen LogP contribution >= 0.6 is 15.9 Å². The van der Waals surface area contributed by atoms with Gasteiger partial charge in [0.25, 0.3) is 0 Å². The number of benzene rings is 1. The fraction of sp³-hybridized carbons (Fsp3) is 0.154. The lowest BCUT2D eigenvalue weighted by molar-refractivity contribution is 0.274.